The zero-order chi connectivity index (χ0) is 20.1. The average molecular weight is 416 g/mol. The molecule has 146 valence electrons. The van der Waals surface area contributed by atoms with Crippen molar-refractivity contribution in [1.82, 2.24) is 10.1 Å². The number of benzene rings is 2. The maximum absolute atomic E-state index is 12.5. The van der Waals surface area contributed by atoms with Crippen LogP contribution in [0.2, 0.25) is 5.02 Å². The summed E-state index contributed by atoms with van der Waals surface area (Å²) in [6.07, 6.45) is 0. The van der Waals surface area contributed by atoms with E-state index in [0.29, 0.717) is 28.2 Å². The van der Waals surface area contributed by atoms with Crippen LogP contribution in [0.15, 0.2) is 47.0 Å². The molecule has 7 heteroatoms. The highest BCUT2D eigenvalue weighted by Crippen LogP contribution is 2.30. The van der Waals surface area contributed by atoms with Crippen molar-refractivity contribution >= 4 is 35.0 Å². The van der Waals surface area contributed by atoms with Crippen molar-refractivity contribution in [3.63, 3.8) is 0 Å². The molecule has 1 heterocycles. The quantitative estimate of drug-likeness (QED) is 0.536. The molecule has 0 radical (unpaired) electrons. The van der Waals surface area contributed by atoms with Gasteiger partial charge in [-0.2, -0.15) is 4.98 Å². The number of amides is 1. The molecule has 0 aliphatic carbocycles. The zero-order valence-electron chi connectivity index (χ0n) is 16.0. The van der Waals surface area contributed by atoms with E-state index in [1.165, 1.54) is 0 Å². The number of carbonyl (C=O) groups excluding carboxylic acids is 1. The number of carbonyl (C=O) groups is 1. The molecule has 0 spiro atoms. The Labute approximate surface area is 173 Å². The van der Waals surface area contributed by atoms with Gasteiger partial charge in [-0.05, 0) is 36.2 Å². The Morgan fingerprint density at radius 3 is 2.64 bits per heavy atom. The first kappa shape index (κ1) is 20.4. The van der Waals surface area contributed by atoms with Gasteiger partial charge in [0.05, 0.1) is 17.0 Å². The summed E-state index contributed by atoms with van der Waals surface area (Å²) in [4.78, 5) is 16.9. The number of nitrogens with one attached hydrogen (secondary N) is 1. The van der Waals surface area contributed by atoms with Gasteiger partial charge in [-0.25, -0.2) is 0 Å². The van der Waals surface area contributed by atoms with E-state index >= 15 is 0 Å². The molecular weight excluding hydrogens is 394 g/mol. The number of para-hydroxylation sites is 1. The number of thioether (sulfide) groups is 1. The predicted octanol–water partition coefficient (Wildman–Crippen LogP) is 5.69. The summed E-state index contributed by atoms with van der Waals surface area (Å²) in [6.45, 7) is 5.95. The Morgan fingerprint density at radius 1 is 1.21 bits per heavy atom. The van der Waals surface area contributed by atoms with Crippen LogP contribution in [0.1, 0.15) is 36.7 Å². The Morgan fingerprint density at radius 2 is 1.96 bits per heavy atom. The Kier molecular flexibility index (Phi) is 6.75. The van der Waals surface area contributed by atoms with E-state index in [2.05, 4.69) is 15.5 Å². The molecule has 3 aromatic rings. The number of halogens is 1. The van der Waals surface area contributed by atoms with Crippen LogP contribution >= 0.6 is 23.4 Å². The van der Waals surface area contributed by atoms with Crippen molar-refractivity contribution in [1.29, 1.82) is 0 Å². The molecule has 0 aliphatic heterocycles. The first-order valence-electron chi connectivity index (χ1n) is 8.99. The van der Waals surface area contributed by atoms with Crippen LogP contribution in [0, 0.1) is 6.92 Å². The van der Waals surface area contributed by atoms with Gasteiger partial charge in [0.25, 0.3) is 5.89 Å². The molecule has 0 aliphatic rings. The third-order valence-electron chi connectivity index (χ3n) is 4.14. The van der Waals surface area contributed by atoms with E-state index in [-0.39, 0.29) is 11.8 Å². The summed E-state index contributed by atoms with van der Waals surface area (Å²) in [5.41, 5.74) is 3.51. The largest absolute Gasteiger partial charge is 0.334 e. The fourth-order valence-electron chi connectivity index (χ4n) is 2.61. The van der Waals surface area contributed by atoms with E-state index in [1.54, 1.807) is 11.8 Å². The SMILES string of the molecule is Cc1cccc(-c2nc(C(C)C)no2)c1NC(=O)CSCc1ccc(Cl)cc1. The number of hydrogen-bond donors (Lipinski definition) is 1. The summed E-state index contributed by atoms with van der Waals surface area (Å²) in [6, 6.07) is 13.4. The summed E-state index contributed by atoms with van der Waals surface area (Å²) < 4.78 is 5.41. The second-order valence-electron chi connectivity index (χ2n) is 6.78. The number of anilines is 1. The van der Waals surface area contributed by atoms with E-state index in [9.17, 15) is 4.79 Å². The Balaban J connectivity index is 1.67. The topological polar surface area (TPSA) is 68.0 Å². The molecule has 0 atom stereocenters. The lowest BCUT2D eigenvalue weighted by Gasteiger charge is -2.11. The van der Waals surface area contributed by atoms with Crippen LogP contribution in [0.4, 0.5) is 5.69 Å². The molecule has 0 saturated heterocycles. The Bertz CT molecular complexity index is 955. The van der Waals surface area contributed by atoms with Crippen molar-refractivity contribution in [2.24, 2.45) is 0 Å². The number of aromatic nitrogens is 2. The average Bonchev–Trinajstić information content (AvgIpc) is 3.15. The summed E-state index contributed by atoms with van der Waals surface area (Å²) in [5, 5.41) is 7.73. The lowest BCUT2D eigenvalue weighted by Crippen LogP contribution is -2.15. The minimum absolute atomic E-state index is 0.0712. The standard InChI is InChI=1S/C21H22ClN3O2S/c1-13(2)20-24-21(27-25-20)17-6-4-5-14(3)19(17)23-18(26)12-28-11-15-7-9-16(22)10-8-15/h4-10,13H,11-12H2,1-3H3,(H,23,26). The van der Waals surface area contributed by atoms with Gasteiger partial charge >= 0.3 is 0 Å². The van der Waals surface area contributed by atoms with Crippen molar-refractivity contribution in [2.75, 3.05) is 11.1 Å². The van der Waals surface area contributed by atoms with Crippen LogP contribution in [0.3, 0.4) is 0 Å². The molecule has 0 bridgehead atoms. The minimum Gasteiger partial charge on any atom is -0.334 e. The fraction of sp³-hybridized carbons (Fsp3) is 0.286. The molecule has 0 unspecified atom stereocenters. The number of nitrogens with zero attached hydrogens (tertiary/aromatic N) is 2. The molecule has 0 fully saturated rings. The summed E-state index contributed by atoms with van der Waals surface area (Å²) in [7, 11) is 0. The van der Waals surface area contributed by atoms with Crippen molar-refractivity contribution in [2.45, 2.75) is 32.4 Å². The van der Waals surface area contributed by atoms with Crippen molar-refractivity contribution in [3.05, 3.63) is 64.4 Å². The second kappa shape index (κ2) is 9.26. The maximum atomic E-state index is 12.5. The highest BCUT2D eigenvalue weighted by Gasteiger charge is 2.17. The summed E-state index contributed by atoms with van der Waals surface area (Å²) >= 11 is 7.45. The van der Waals surface area contributed by atoms with Gasteiger partial charge in [0.2, 0.25) is 5.91 Å². The van der Waals surface area contributed by atoms with Gasteiger partial charge in [0.15, 0.2) is 5.82 Å². The first-order valence-corrected chi connectivity index (χ1v) is 10.5. The molecule has 3 rings (SSSR count). The van der Waals surface area contributed by atoms with E-state index in [1.807, 2.05) is 63.2 Å². The van der Waals surface area contributed by atoms with E-state index < -0.39 is 0 Å². The van der Waals surface area contributed by atoms with Crippen LogP contribution in [0.5, 0.6) is 0 Å². The second-order valence-corrected chi connectivity index (χ2v) is 8.20. The molecule has 28 heavy (non-hydrogen) atoms. The molecule has 1 aromatic heterocycles. The van der Waals surface area contributed by atoms with E-state index in [0.717, 1.165) is 22.4 Å². The fourth-order valence-corrected chi connectivity index (χ4v) is 3.52. The Hall–Kier alpha value is -2.31. The number of aryl methyl sites for hydroxylation is 1. The summed E-state index contributed by atoms with van der Waals surface area (Å²) in [5.74, 6) is 2.25. The smallest absolute Gasteiger partial charge is 0.260 e. The van der Waals surface area contributed by atoms with Crippen LogP contribution in [-0.2, 0) is 10.5 Å². The van der Waals surface area contributed by atoms with Gasteiger partial charge in [0, 0.05) is 16.7 Å². The normalized spacial score (nSPS) is 11.0. The lowest BCUT2D eigenvalue weighted by atomic mass is 10.1. The zero-order valence-corrected chi connectivity index (χ0v) is 17.6. The molecular formula is C21H22ClN3O2S. The van der Waals surface area contributed by atoms with E-state index in [4.69, 9.17) is 16.1 Å². The predicted molar refractivity (Wildman–Crippen MR) is 115 cm³/mol. The molecule has 1 N–H and O–H groups in total. The third-order valence-corrected chi connectivity index (χ3v) is 5.40. The van der Waals surface area contributed by atoms with Crippen molar-refractivity contribution < 1.29 is 9.32 Å². The van der Waals surface area contributed by atoms with Crippen molar-refractivity contribution in [3.8, 4) is 11.5 Å². The molecule has 0 saturated carbocycles. The van der Waals surface area contributed by atoms with Gasteiger partial charge in [-0.15, -0.1) is 11.8 Å². The van der Waals surface area contributed by atoms with Gasteiger partial charge in [0.1, 0.15) is 0 Å². The highest BCUT2D eigenvalue weighted by molar-refractivity contribution is 7.99. The van der Waals surface area contributed by atoms with Gasteiger partial charge in [-0.1, -0.05) is 54.9 Å². The molecule has 2 aromatic carbocycles. The lowest BCUT2D eigenvalue weighted by molar-refractivity contribution is -0.113. The first-order chi connectivity index (χ1) is 13.4. The highest BCUT2D eigenvalue weighted by atomic mass is 35.5. The molecule has 5 nitrogen and oxygen atoms in total. The number of rotatable bonds is 7. The number of hydrogen-bond acceptors (Lipinski definition) is 5. The molecule has 1 amide bonds. The maximum Gasteiger partial charge on any atom is 0.260 e. The monoisotopic (exact) mass is 415 g/mol. The van der Waals surface area contributed by atoms with Crippen LogP contribution in [0.25, 0.3) is 11.5 Å². The minimum atomic E-state index is -0.0712. The van der Waals surface area contributed by atoms with Gasteiger partial charge < -0.3 is 9.84 Å². The van der Waals surface area contributed by atoms with Crippen LogP contribution in [-0.4, -0.2) is 21.8 Å². The van der Waals surface area contributed by atoms with Gasteiger partial charge in [-0.3, -0.25) is 4.79 Å². The van der Waals surface area contributed by atoms with Crippen LogP contribution < -0.4 is 5.32 Å². The third kappa shape index (κ3) is 5.14.